The first kappa shape index (κ1) is 16.1. The predicted molar refractivity (Wildman–Crippen MR) is 64.9 cm³/mol. The lowest BCUT2D eigenvalue weighted by atomic mass is 9.84. The number of likely N-dealkylation sites (tertiary alicyclic amines) is 1. The molecule has 0 aromatic carbocycles. The van der Waals surface area contributed by atoms with Crippen LogP contribution in [0.25, 0.3) is 0 Å². The minimum atomic E-state index is -3.10. The summed E-state index contributed by atoms with van der Waals surface area (Å²) in [6.45, 7) is 5.44. The van der Waals surface area contributed by atoms with E-state index in [0.29, 0.717) is 0 Å². The van der Waals surface area contributed by atoms with Crippen LogP contribution in [0.3, 0.4) is 0 Å². The minimum Gasteiger partial charge on any atom is -0.444 e. The van der Waals surface area contributed by atoms with Crippen molar-refractivity contribution in [3.05, 3.63) is 0 Å². The van der Waals surface area contributed by atoms with Crippen LogP contribution in [0.2, 0.25) is 0 Å². The lowest BCUT2D eigenvalue weighted by Gasteiger charge is -2.40. The van der Waals surface area contributed by atoms with Crippen molar-refractivity contribution in [3.63, 3.8) is 0 Å². The van der Waals surface area contributed by atoms with E-state index in [1.54, 1.807) is 20.8 Å². The number of carbonyl (C=O) groups is 1. The highest BCUT2D eigenvalue weighted by atomic mass is 19.3. The first-order valence-electron chi connectivity index (χ1n) is 6.24. The van der Waals surface area contributed by atoms with Gasteiger partial charge in [0.05, 0.1) is 5.54 Å². The minimum absolute atomic E-state index is 0.00223. The second-order valence-electron chi connectivity index (χ2n) is 5.94. The van der Waals surface area contributed by atoms with Crippen LogP contribution in [-0.2, 0) is 4.74 Å². The topological polar surface area (TPSA) is 55.6 Å². The molecule has 1 rings (SSSR count). The summed E-state index contributed by atoms with van der Waals surface area (Å²) < 4.78 is 43.3. The van der Waals surface area contributed by atoms with Crippen molar-refractivity contribution in [3.8, 4) is 0 Å². The van der Waals surface area contributed by atoms with E-state index in [2.05, 4.69) is 0 Å². The number of hydrogen-bond donors (Lipinski definition) is 1. The quantitative estimate of drug-likeness (QED) is 0.845. The van der Waals surface area contributed by atoms with Crippen molar-refractivity contribution in [1.29, 1.82) is 0 Å². The first-order valence-corrected chi connectivity index (χ1v) is 6.24. The van der Waals surface area contributed by atoms with Gasteiger partial charge in [-0.1, -0.05) is 0 Å². The Labute approximate surface area is 111 Å². The highest BCUT2D eigenvalue weighted by Gasteiger charge is 2.44. The molecule has 0 spiro atoms. The summed E-state index contributed by atoms with van der Waals surface area (Å²) >= 11 is 0. The molecule has 0 aromatic rings. The van der Waals surface area contributed by atoms with Gasteiger partial charge in [-0.2, -0.15) is 0 Å². The zero-order valence-electron chi connectivity index (χ0n) is 11.5. The molecule has 7 heteroatoms. The Hall–Kier alpha value is -0.980. The van der Waals surface area contributed by atoms with Crippen molar-refractivity contribution in [2.24, 2.45) is 5.73 Å². The Morgan fingerprint density at radius 3 is 2.11 bits per heavy atom. The van der Waals surface area contributed by atoms with Gasteiger partial charge in [0.15, 0.2) is 6.17 Å². The summed E-state index contributed by atoms with van der Waals surface area (Å²) in [7, 11) is 0. The number of alkyl halides is 3. The third-order valence-corrected chi connectivity index (χ3v) is 3.12. The van der Waals surface area contributed by atoms with Gasteiger partial charge in [-0.25, -0.2) is 18.0 Å². The Kier molecular flexibility index (Phi) is 4.71. The zero-order chi connectivity index (χ0) is 14.8. The number of hydrogen-bond acceptors (Lipinski definition) is 3. The van der Waals surface area contributed by atoms with Crippen molar-refractivity contribution in [2.75, 3.05) is 13.1 Å². The molecule has 0 aliphatic carbocycles. The molecule has 0 saturated carbocycles. The third kappa shape index (κ3) is 4.26. The molecule has 1 aliphatic heterocycles. The molecule has 1 aliphatic rings. The van der Waals surface area contributed by atoms with E-state index in [0.717, 1.165) is 0 Å². The summed E-state index contributed by atoms with van der Waals surface area (Å²) in [6, 6.07) is 0. The molecule has 112 valence electrons. The number of rotatable bonds is 2. The smallest absolute Gasteiger partial charge is 0.410 e. The van der Waals surface area contributed by atoms with E-state index in [4.69, 9.17) is 10.5 Å². The van der Waals surface area contributed by atoms with E-state index in [1.165, 1.54) is 4.90 Å². The Balaban J connectivity index is 2.55. The maximum Gasteiger partial charge on any atom is 0.410 e. The fraction of sp³-hybridized carbons (Fsp3) is 0.917. The van der Waals surface area contributed by atoms with Gasteiger partial charge in [0.25, 0.3) is 6.43 Å². The molecule has 1 atom stereocenters. The van der Waals surface area contributed by atoms with E-state index in [9.17, 15) is 18.0 Å². The summed E-state index contributed by atoms with van der Waals surface area (Å²) in [5.74, 6) is 0. The number of amides is 1. The van der Waals surface area contributed by atoms with Crippen LogP contribution in [0.5, 0.6) is 0 Å². The summed E-state index contributed by atoms with van der Waals surface area (Å²) in [6.07, 6.45) is -6.00. The maximum absolute atomic E-state index is 13.4. The Morgan fingerprint density at radius 2 is 1.74 bits per heavy atom. The lowest BCUT2D eigenvalue weighted by Crippen LogP contribution is -2.59. The Bertz CT molecular complexity index is 323. The number of nitrogens with two attached hydrogens (primary N) is 1. The highest BCUT2D eigenvalue weighted by Crippen LogP contribution is 2.29. The fourth-order valence-corrected chi connectivity index (χ4v) is 1.96. The molecule has 1 fully saturated rings. The second-order valence-corrected chi connectivity index (χ2v) is 5.94. The third-order valence-electron chi connectivity index (χ3n) is 3.12. The molecule has 19 heavy (non-hydrogen) atoms. The zero-order valence-corrected chi connectivity index (χ0v) is 11.5. The normalized spacial score (nSPS) is 21.4. The number of nitrogens with zero attached hydrogens (tertiary/aromatic N) is 1. The van der Waals surface area contributed by atoms with Crippen molar-refractivity contribution < 1.29 is 22.7 Å². The molecular weight excluding hydrogens is 261 g/mol. The van der Waals surface area contributed by atoms with Gasteiger partial charge in [0, 0.05) is 13.1 Å². The van der Waals surface area contributed by atoms with Crippen molar-refractivity contribution >= 4 is 6.09 Å². The molecule has 1 heterocycles. The summed E-state index contributed by atoms with van der Waals surface area (Å²) in [5, 5.41) is 0. The van der Waals surface area contributed by atoms with Gasteiger partial charge >= 0.3 is 6.09 Å². The number of carbonyl (C=O) groups excluding carboxylic acids is 1. The van der Waals surface area contributed by atoms with Gasteiger partial charge < -0.3 is 15.4 Å². The molecular formula is C12H21F3N2O2. The van der Waals surface area contributed by atoms with Gasteiger partial charge in [-0.3, -0.25) is 0 Å². The van der Waals surface area contributed by atoms with Crippen LogP contribution >= 0.6 is 0 Å². The number of piperidine rings is 1. The summed E-state index contributed by atoms with van der Waals surface area (Å²) in [5.41, 5.74) is 3.47. The lowest BCUT2D eigenvalue weighted by molar-refractivity contribution is -0.0244. The van der Waals surface area contributed by atoms with E-state index in [1.807, 2.05) is 0 Å². The number of ether oxygens (including phenoxy) is 1. The molecule has 1 unspecified atom stereocenters. The van der Waals surface area contributed by atoms with Gasteiger partial charge in [-0.05, 0) is 33.6 Å². The van der Waals surface area contributed by atoms with Crippen LogP contribution < -0.4 is 5.73 Å². The standard InChI is InChI=1S/C12H21F3N2O2/c1-11(2,3)19-10(18)17-6-4-12(16,5-7-17)8(13)9(14)15/h8-9H,4-7,16H2,1-3H3. The van der Waals surface area contributed by atoms with Crippen LogP contribution in [0, 0.1) is 0 Å². The molecule has 0 bridgehead atoms. The van der Waals surface area contributed by atoms with Gasteiger partial charge in [0.1, 0.15) is 5.60 Å². The van der Waals surface area contributed by atoms with Gasteiger partial charge in [-0.15, -0.1) is 0 Å². The largest absolute Gasteiger partial charge is 0.444 e. The van der Waals surface area contributed by atoms with Crippen LogP contribution in [-0.4, -0.2) is 47.8 Å². The fourth-order valence-electron chi connectivity index (χ4n) is 1.96. The van der Waals surface area contributed by atoms with Crippen molar-refractivity contribution in [2.45, 2.75) is 57.3 Å². The molecule has 0 radical (unpaired) electrons. The molecule has 2 N–H and O–H groups in total. The molecule has 4 nitrogen and oxygen atoms in total. The molecule has 0 aromatic heterocycles. The van der Waals surface area contributed by atoms with E-state index in [-0.39, 0.29) is 25.9 Å². The number of halogens is 3. The SMILES string of the molecule is CC(C)(C)OC(=O)N1CCC(N)(C(F)C(F)F)CC1. The van der Waals surface area contributed by atoms with E-state index >= 15 is 0 Å². The average molecular weight is 282 g/mol. The van der Waals surface area contributed by atoms with Crippen LogP contribution in [0.15, 0.2) is 0 Å². The predicted octanol–water partition coefficient (Wildman–Crippen LogP) is 2.32. The molecule has 1 amide bonds. The van der Waals surface area contributed by atoms with E-state index < -0.39 is 29.8 Å². The molecule has 1 saturated heterocycles. The van der Waals surface area contributed by atoms with Crippen LogP contribution in [0.1, 0.15) is 33.6 Å². The van der Waals surface area contributed by atoms with Crippen molar-refractivity contribution in [1.82, 2.24) is 4.90 Å². The van der Waals surface area contributed by atoms with Crippen LogP contribution in [0.4, 0.5) is 18.0 Å². The second kappa shape index (κ2) is 5.56. The first-order chi connectivity index (χ1) is 8.55. The summed E-state index contributed by atoms with van der Waals surface area (Å²) in [4.78, 5) is 13.1. The maximum atomic E-state index is 13.4. The average Bonchev–Trinajstić information content (AvgIpc) is 2.26. The Morgan fingerprint density at radius 1 is 1.26 bits per heavy atom. The van der Waals surface area contributed by atoms with Gasteiger partial charge in [0.2, 0.25) is 0 Å². The highest BCUT2D eigenvalue weighted by molar-refractivity contribution is 5.68. The monoisotopic (exact) mass is 282 g/mol.